The third kappa shape index (κ3) is 6.33. The number of rotatable bonds is 11. The van der Waals surface area contributed by atoms with Crippen LogP contribution in [0.1, 0.15) is 41.2 Å². The number of aromatic nitrogens is 3. The van der Waals surface area contributed by atoms with Crippen molar-refractivity contribution in [2.45, 2.75) is 45.4 Å². The van der Waals surface area contributed by atoms with Gasteiger partial charge in [0, 0.05) is 17.8 Å². The predicted octanol–water partition coefficient (Wildman–Crippen LogP) is 3.85. The predicted molar refractivity (Wildman–Crippen MR) is 136 cm³/mol. The van der Waals surface area contributed by atoms with Crippen molar-refractivity contribution in [3.05, 3.63) is 58.9 Å². The van der Waals surface area contributed by atoms with E-state index in [9.17, 15) is 9.59 Å². The van der Waals surface area contributed by atoms with Gasteiger partial charge in [0.25, 0.3) is 5.91 Å². The highest BCUT2D eigenvalue weighted by Crippen LogP contribution is 2.27. The number of aryl methyl sites for hydroxylation is 2. The Labute approximate surface area is 209 Å². The Hall–Kier alpha value is -3.53. The lowest BCUT2D eigenvalue weighted by molar-refractivity contribution is -0.113. The monoisotopic (exact) mass is 497 g/mol. The van der Waals surface area contributed by atoms with Crippen LogP contribution in [0.2, 0.25) is 0 Å². The summed E-state index contributed by atoms with van der Waals surface area (Å²) in [6, 6.07) is 11.0. The molecule has 186 valence electrons. The first-order valence-electron chi connectivity index (χ1n) is 11.3. The summed E-state index contributed by atoms with van der Waals surface area (Å²) in [6.45, 7) is 6.82. The lowest BCUT2D eigenvalue weighted by atomic mass is 10.1. The van der Waals surface area contributed by atoms with Crippen LogP contribution in [0.5, 0.6) is 11.5 Å². The van der Waals surface area contributed by atoms with E-state index in [2.05, 4.69) is 27.8 Å². The van der Waals surface area contributed by atoms with Crippen LogP contribution in [0.15, 0.2) is 41.6 Å². The van der Waals surface area contributed by atoms with E-state index in [4.69, 9.17) is 9.47 Å². The molecule has 1 heterocycles. The zero-order chi connectivity index (χ0) is 25.4. The first-order valence-corrected chi connectivity index (χ1v) is 12.3. The number of benzene rings is 2. The molecule has 0 saturated carbocycles. The zero-order valence-electron chi connectivity index (χ0n) is 20.7. The fraction of sp³-hybridized carbons (Fsp3) is 0.360. The molecule has 0 unspecified atom stereocenters. The van der Waals surface area contributed by atoms with E-state index in [1.165, 1.54) is 18.9 Å². The van der Waals surface area contributed by atoms with Crippen molar-refractivity contribution in [3.63, 3.8) is 0 Å². The average Bonchev–Trinajstić information content (AvgIpc) is 3.28. The number of para-hydroxylation sites is 1. The highest BCUT2D eigenvalue weighted by atomic mass is 32.2. The maximum Gasteiger partial charge on any atom is 0.251 e. The molecule has 0 aliphatic rings. The van der Waals surface area contributed by atoms with Crippen molar-refractivity contribution < 1.29 is 19.1 Å². The molecule has 2 amide bonds. The van der Waals surface area contributed by atoms with Crippen LogP contribution in [0, 0.1) is 6.92 Å². The summed E-state index contributed by atoms with van der Waals surface area (Å²) in [5, 5.41) is 15.0. The first-order chi connectivity index (χ1) is 16.9. The summed E-state index contributed by atoms with van der Waals surface area (Å²) in [5.74, 6) is 1.46. The third-order valence-corrected chi connectivity index (χ3v) is 6.47. The fourth-order valence-electron chi connectivity index (χ4n) is 3.62. The summed E-state index contributed by atoms with van der Waals surface area (Å²) in [4.78, 5) is 25.3. The standard InChI is InChI=1S/C25H31N5O4S/c1-6-17-10-8-9-16(3)23(17)27-22(31)15-35-25-29-28-21(30(25)7-2)14-26-24(32)18-11-12-19(33-4)20(13-18)34-5/h8-13H,6-7,14-15H2,1-5H3,(H,26,32)(H,27,31). The number of hydrogen-bond donors (Lipinski definition) is 2. The second kappa shape index (κ2) is 12.3. The number of nitrogens with zero attached hydrogens (tertiary/aromatic N) is 3. The molecule has 3 rings (SSSR count). The molecule has 1 aromatic heterocycles. The van der Waals surface area contributed by atoms with E-state index in [0.717, 1.165) is 23.2 Å². The lowest BCUT2D eigenvalue weighted by Gasteiger charge is -2.13. The molecule has 0 fully saturated rings. The average molecular weight is 498 g/mol. The number of anilines is 1. The van der Waals surface area contributed by atoms with Gasteiger partial charge in [-0.1, -0.05) is 36.9 Å². The van der Waals surface area contributed by atoms with Gasteiger partial charge in [-0.2, -0.15) is 0 Å². The number of hydrogen-bond acceptors (Lipinski definition) is 7. The van der Waals surface area contributed by atoms with Crippen LogP contribution >= 0.6 is 11.8 Å². The van der Waals surface area contributed by atoms with Crippen LogP contribution in [-0.2, 0) is 24.3 Å². The van der Waals surface area contributed by atoms with Gasteiger partial charge in [-0.3, -0.25) is 9.59 Å². The Morgan fingerprint density at radius 1 is 1.06 bits per heavy atom. The zero-order valence-corrected chi connectivity index (χ0v) is 21.5. The van der Waals surface area contributed by atoms with Crippen molar-refractivity contribution in [2.24, 2.45) is 0 Å². The fourth-order valence-corrected chi connectivity index (χ4v) is 4.44. The number of nitrogens with one attached hydrogen (secondary N) is 2. The summed E-state index contributed by atoms with van der Waals surface area (Å²) in [7, 11) is 3.06. The molecule has 0 spiro atoms. The van der Waals surface area contributed by atoms with Crippen LogP contribution in [0.25, 0.3) is 0 Å². The molecule has 0 aliphatic carbocycles. The smallest absolute Gasteiger partial charge is 0.251 e. The number of methoxy groups -OCH3 is 2. The Morgan fingerprint density at radius 3 is 2.51 bits per heavy atom. The Balaban J connectivity index is 1.61. The van der Waals surface area contributed by atoms with E-state index in [0.29, 0.717) is 34.6 Å². The van der Waals surface area contributed by atoms with Crippen LogP contribution < -0.4 is 20.1 Å². The van der Waals surface area contributed by atoms with Gasteiger partial charge in [-0.25, -0.2) is 0 Å². The van der Waals surface area contributed by atoms with Gasteiger partial charge in [-0.05, 0) is 49.6 Å². The second-order valence-corrected chi connectivity index (χ2v) is 8.64. The number of thioether (sulfide) groups is 1. The third-order valence-electron chi connectivity index (χ3n) is 5.50. The molecule has 9 nitrogen and oxygen atoms in total. The van der Waals surface area contributed by atoms with Crippen LogP contribution in [0.3, 0.4) is 0 Å². The van der Waals surface area contributed by atoms with Crippen molar-refractivity contribution in [2.75, 3.05) is 25.3 Å². The number of carbonyl (C=O) groups excluding carboxylic acids is 2. The van der Waals surface area contributed by atoms with Crippen molar-refractivity contribution in [1.29, 1.82) is 0 Å². The molecule has 0 radical (unpaired) electrons. The minimum absolute atomic E-state index is 0.104. The molecular weight excluding hydrogens is 466 g/mol. The van der Waals surface area contributed by atoms with E-state index >= 15 is 0 Å². The molecule has 2 N–H and O–H groups in total. The molecular formula is C25H31N5O4S. The number of carbonyl (C=O) groups is 2. The van der Waals surface area contributed by atoms with E-state index in [1.54, 1.807) is 25.3 Å². The number of amides is 2. The maximum absolute atomic E-state index is 12.6. The highest BCUT2D eigenvalue weighted by Gasteiger charge is 2.16. The van der Waals surface area contributed by atoms with Crippen molar-refractivity contribution in [1.82, 2.24) is 20.1 Å². The maximum atomic E-state index is 12.6. The van der Waals surface area contributed by atoms with Gasteiger partial charge in [-0.15, -0.1) is 10.2 Å². The Bertz CT molecular complexity index is 1190. The topological polar surface area (TPSA) is 107 Å². The molecule has 0 atom stereocenters. The van der Waals surface area contributed by atoms with Crippen molar-refractivity contribution in [3.8, 4) is 11.5 Å². The molecule has 0 saturated heterocycles. The van der Waals surface area contributed by atoms with Gasteiger partial charge in [0.15, 0.2) is 22.5 Å². The van der Waals surface area contributed by atoms with Gasteiger partial charge in [0.2, 0.25) is 5.91 Å². The highest BCUT2D eigenvalue weighted by molar-refractivity contribution is 7.99. The second-order valence-electron chi connectivity index (χ2n) is 7.69. The Kier molecular flexibility index (Phi) is 9.13. The molecule has 0 aliphatic heterocycles. The van der Waals surface area contributed by atoms with Crippen molar-refractivity contribution >= 4 is 29.3 Å². The molecule has 3 aromatic rings. The minimum atomic E-state index is -0.268. The molecule has 2 aromatic carbocycles. The molecule has 0 bridgehead atoms. The summed E-state index contributed by atoms with van der Waals surface area (Å²) in [5.41, 5.74) is 3.45. The van der Waals surface area contributed by atoms with E-state index in [-0.39, 0.29) is 24.1 Å². The van der Waals surface area contributed by atoms with Crippen LogP contribution in [-0.4, -0.2) is 46.6 Å². The van der Waals surface area contributed by atoms with E-state index in [1.807, 2.05) is 36.6 Å². The first kappa shape index (κ1) is 26.1. The Morgan fingerprint density at radius 2 is 1.83 bits per heavy atom. The summed E-state index contributed by atoms with van der Waals surface area (Å²) >= 11 is 1.31. The lowest BCUT2D eigenvalue weighted by Crippen LogP contribution is -2.25. The van der Waals surface area contributed by atoms with Gasteiger partial charge < -0.3 is 24.7 Å². The molecule has 35 heavy (non-hydrogen) atoms. The SMILES string of the molecule is CCc1cccc(C)c1NC(=O)CSc1nnc(CNC(=O)c2ccc(OC)c(OC)c2)n1CC. The minimum Gasteiger partial charge on any atom is -0.493 e. The quantitative estimate of drug-likeness (QED) is 0.388. The largest absolute Gasteiger partial charge is 0.493 e. The van der Waals surface area contributed by atoms with Gasteiger partial charge >= 0.3 is 0 Å². The van der Waals surface area contributed by atoms with Crippen LogP contribution in [0.4, 0.5) is 5.69 Å². The molecule has 10 heteroatoms. The number of ether oxygens (including phenoxy) is 2. The van der Waals surface area contributed by atoms with Gasteiger partial charge in [0.1, 0.15) is 0 Å². The van der Waals surface area contributed by atoms with E-state index < -0.39 is 0 Å². The normalized spacial score (nSPS) is 10.7. The summed E-state index contributed by atoms with van der Waals surface area (Å²) in [6.07, 6.45) is 0.840. The van der Waals surface area contributed by atoms with Gasteiger partial charge in [0.05, 0.1) is 26.5 Å². The summed E-state index contributed by atoms with van der Waals surface area (Å²) < 4.78 is 12.4.